The zero-order valence-electron chi connectivity index (χ0n) is 24.1. The molecule has 6 nitrogen and oxygen atoms in total. The number of aromatic nitrogens is 2. The van der Waals surface area contributed by atoms with E-state index in [1.54, 1.807) is 4.90 Å². The van der Waals surface area contributed by atoms with Gasteiger partial charge in [-0.3, -0.25) is 4.79 Å². The fraction of sp³-hybridized carbons (Fsp3) is 0.333. The third-order valence-electron chi connectivity index (χ3n) is 7.66. The van der Waals surface area contributed by atoms with Crippen LogP contribution in [0.2, 0.25) is 0 Å². The molecule has 1 aromatic heterocycles. The monoisotopic (exact) mass is 594 g/mol. The van der Waals surface area contributed by atoms with Crippen molar-refractivity contribution in [2.24, 2.45) is 0 Å². The minimum absolute atomic E-state index is 0.0350. The fourth-order valence-corrected chi connectivity index (χ4v) is 5.45. The number of benzene rings is 3. The smallest absolute Gasteiger partial charge is 0.419 e. The molecule has 0 aliphatic carbocycles. The number of nitrogens with zero attached hydrogens (tertiary/aromatic N) is 3. The Kier molecular flexibility index (Phi) is 9.15. The second-order valence-electron chi connectivity index (χ2n) is 10.7. The Balaban J connectivity index is 1.52. The zero-order valence-corrected chi connectivity index (χ0v) is 24.1. The van der Waals surface area contributed by atoms with E-state index in [0.717, 1.165) is 54.2 Å². The van der Waals surface area contributed by atoms with Crippen molar-refractivity contribution in [2.75, 3.05) is 19.7 Å². The van der Waals surface area contributed by atoms with E-state index in [1.165, 1.54) is 6.07 Å². The van der Waals surface area contributed by atoms with Crippen LogP contribution in [0.5, 0.6) is 5.75 Å². The number of hydrogen-bond acceptors (Lipinski definition) is 4. The van der Waals surface area contributed by atoms with Crippen molar-refractivity contribution < 1.29 is 27.1 Å². The lowest BCUT2D eigenvalue weighted by Gasteiger charge is -2.32. The topological polar surface area (TPSA) is 59.4 Å². The van der Waals surface area contributed by atoms with Gasteiger partial charge in [0.25, 0.3) is 0 Å². The van der Waals surface area contributed by atoms with Crippen molar-refractivity contribution in [1.29, 1.82) is 0 Å². The van der Waals surface area contributed by atoms with Crippen molar-refractivity contribution >= 4 is 5.91 Å². The van der Waals surface area contributed by atoms with Crippen molar-refractivity contribution in [3.05, 3.63) is 102 Å². The van der Waals surface area contributed by atoms with E-state index in [4.69, 9.17) is 9.72 Å². The van der Waals surface area contributed by atoms with E-state index < -0.39 is 23.6 Å². The van der Waals surface area contributed by atoms with Crippen LogP contribution in [0.25, 0.3) is 16.9 Å². The molecular formula is C33H34F4N4O2. The minimum atomic E-state index is -4.86. The summed E-state index contributed by atoms with van der Waals surface area (Å²) in [5.41, 5.74) is 1.15. The molecule has 0 bridgehead atoms. The molecule has 3 aromatic carbocycles. The van der Waals surface area contributed by atoms with E-state index in [-0.39, 0.29) is 23.9 Å². The third kappa shape index (κ3) is 7.07. The number of hydrogen-bond donors (Lipinski definition) is 1. The highest BCUT2D eigenvalue weighted by Crippen LogP contribution is 2.33. The van der Waals surface area contributed by atoms with Crippen molar-refractivity contribution in [2.45, 2.75) is 51.4 Å². The van der Waals surface area contributed by atoms with Crippen molar-refractivity contribution in [3.8, 4) is 22.7 Å². The van der Waals surface area contributed by atoms with Crippen LogP contribution in [-0.4, -0.2) is 46.1 Å². The van der Waals surface area contributed by atoms with Crippen LogP contribution in [0.15, 0.2) is 79.0 Å². The number of rotatable bonds is 10. The van der Waals surface area contributed by atoms with Crippen LogP contribution < -0.4 is 10.1 Å². The van der Waals surface area contributed by atoms with Crippen LogP contribution in [0.4, 0.5) is 17.6 Å². The van der Waals surface area contributed by atoms with Gasteiger partial charge in [-0.2, -0.15) is 13.2 Å². The van der Waals surface area contributed by atoms with Gasteiger partial charge in [0.05, 0.1) is 30.3 Å². The summed E-state index contributed by atoms with van der Waals surface area (Å²) < 4.78 is 61.7. The highest BCUT2D eigenvalue weighted by molar-refractivity contribution is 5.79. The van der Waals surface area contributed by atoms with Gasteiger partial charge in [-0.05, 0) is 75.2 Å². The lowest BCUT2D eigenvalue weighted by molar-refractivity contribution is -0.140. The molecule has 0 radical (unpaired) electrons. The maximum Gasteiger partial charge on any atom is 0.419 e. The molecule has 43 heavy (non-hydrogen) atoms. The number of alkyl halides is 3. The molecule has 1 N–H and O–H groups in total. The minimum Gasteiger partial charge on any atom is -0.494 e. The molecule has 1 amide bonds. The number of imidazole rings is 1. The SMILES string of the molecule is CCOc1ccc(-n2cc(-c3ccccc3)nc2[C@@H](C)N(C[C@@H]2CCCN2)C(=O)Cc2ccc(F)c(C(F)(F)F)c2)cc1. The Morgan fingerprint density at radius 3 is 2.51 bits per heavy atom. The Morgan fingerprint density at radius 2 is 1.86 bits per heavy atom. The third-order valence-corrected chi connectivity index (χ3v) is 7.66. The summed E-state index contributed by atoms with van der Waals surface area (Å²) in [5, 5.41) is 3.41. The molecule has 5 rings (SSSR count). The summed E-state index contributed by atoms with van der Waals surface area (Å²) in [5.74, 6) is -0.409. The highest BCUT2D eigenvalue weighted by atomic mass is 19.4. The molecule has 10 heteroatoms. The second-order valence-corrected chi connectivity index (χ2v) is 10.7. The first kappa shape index (κ1) is 30.3. The van der Waals surface area contributed by atoms with Crippen LogP contribution in [0, 0.1) is 5.82 Å². The Hall–Kier alpha value is -4.18. The molecule has 226 valence electrons. The average Bonchev–Trinajstić information content (AvgIpc) is 3.68. The van der Waals surface area contributed by atoms with Gasteiger partial charge in [0.15, 0.2) is 0 Å². The molecule has 4 aromatic rings. The van der Waals surface area contributed by atoms with Gasteiger partial charge < -0.3 is 19.5 Å². The number of nitrogens with one attached hydrogen (secondary N) is 1. The lowest BCUT2D eigenvalue weighted by atomic mass is 10.0. The number of ether oxygens (including phenoxy) is 1. The molecule has 2 heterocycles. The van der Waals surface area contributed by atoms with Gasteiger partial charge in [-0.1, -0.05) is 36.4 Å². The quantitative estimate of drug-likeness (QED) is 0.201. The Bertz CT molecular complexity index is 1530. The normalized spacial score (nSPS) is 15.8. The van der Waals surface area contributed by atoms with E-state index >= 15 is 0 Å². The Labute approximate surface area is 248 Å². The molecule has 1 aliphatic rings. The molecule has 1 saturated heterocycles. The number of carbonyl (C=O) groups excluding carboxylic acids is 1. The van der Waals surface area contributed by atoms with Crippen molar-refractivity contribution in [1.82, 2.24) is 19.8 Å². The number of amides is 1. The van der Waals surface area contributed by atoms with E-state index in [9.17, 15) is 22.4 Å². The first-order valence-electron chi connectivity index (χ1n) is 14.4. The standard InChI is InChI=1S/C33H34F4N4O2/c1-3-43-27-14-12-26(13-15-27)41-21-30(24-8-5-4-6-9-24)39-32(41)22(2)40(20-25-10-7-17-38-25)31(42)19-23-11-16-29(34)28(18-23)33(35,36)37/h4-6,8-9,11-16,18,21-22,25,38H,3,7,10,17,19-20H2,1-2H3/t22-,25+/m1/s1. The van der Waals surface area contributed by atoms with Gasteiger partial charge in [0.2, 0.25) is 5.91 Å². The van der Waals surface area contributed by atoms with Crippen LogP contribution in [0.1, 0.15) is 49.7 Å². The summed E-state index contributed by atoms with van der Waals surface area (Å²) in [6.45, 7) is 5.50. The summed E-state index contributed by atoms with van der Waals surface area (Å²) in [4.78, 5) is 20.5. The second kappa shape index (κ2) is 13.0. The average molecular weight is 595 g/mol. The predicted octanol–water partition coefficient (Wildman–Crippen LogP) is 6.98. The molecular weight excluding hydrogens is 560 g/mol. The van der Waals surface area contributed by atoms with Crippen LogP contribution in [-0.2, 0) is 17.4 Å². The van der Waals surface area contributed by atoms with E-state index in [1.807, 2.05) is 79.2 Å². The molecule has 1 fully saturated rings. The predicted molar refractivity (Wildman–Crippen MR) is 156 cm³/mol. The molecule has 0 unspecified atom stereocenters. The summed E-state index contributed by atoms with van der Waals surface area (Å²) in [6.07, 6.45) is -1.42. The Morgan fingerprint density at radius 1 is 1.12 bits per heavy atom. The maximum absolute atomic E-state index is 14.0. The van der Waals surface area contributed by atoms with E-state index in [0.29, 0.717) is 19.0 Å². The number of halogens is 4. The molecule has 0 saturated carbocycles. The number of carbonyl (C=O) groups is 1. The first-order chi connectivity index (χ1) is 20.6. The highest BCUT2D eigenvalue weighted by Gasteiger charge is 2.35. The largest absolute Gasteiger partial charge is 0.494 e. The van der Waals surface area contributed by atoms with E-state index in [2.05, 4.69) is 5.32 Å². The summed E-state index contributed by atoms with van der Waals surface area (Å²) >= 11 is 0. The molecule has 2 atom stereocenters. The van der Waals surface area contributed by atoms with Crippen LogP contribution in [0.3, 0.4) is 0 Å². The van der Waals surface area contributed by atoms with Crippen LogP contribution >= 0.6 is 0 Å². The maximum atomic E-state index is 14.0. The van der Waals surface area contributed by atoms with Gasteiger partial charge in [0, 0.05) is 30.0 Å². The van der Waals surface area contributed by atoms with Gasteiger partial charge in [-0.25, -0.2) is 9.37 Å². The van der Waals surface area contributed by atoms with Crippen molar-refractivity contribution in [3.63, 3.8) is 0 Å². The molecule has 0 spiro atoms. The van der Waals surface area contributed by atoms with Gasteiger partial charge >= 0.3 is 6.18 Å². The van der Waals surface area contributed by atoms with Gasteiger partial charge in [-0.15, -0.1) is 0 Å². The lowest BCUT2D eigenvalue weighted by Crippen LogP contribution is -2.43. The first-order valence-corrected chi connectivity index (χ1v) is 14.4. The zero-order chi connectivity index (χ0) is 30.6. The fourth-order valence-electron chi connectivity index (χ4n) is 5.45. The summed E-state index contributed by atoms with van der Waals surface area (Å²) in [7, 11) is 0. The van der Waals surface area contributed by atoms with Gasteiger partial charge in [0.1, 0.15) is 17.4 Å². The summed E-state index contributed by atoms with van der Waals surface area (Å²) in [6, 6.07) is 19.5. The molecule has 1 aliphatic heterocycles.